The second kappa shape index (κ2) is 9.43. The molecule has 1 aromatic heterocycles. The van der Waals surface area contributed by atoms with E-state index in [4.69, 9.17) is 11.6 Å². The van der Waals surface area contributed by atoms with Crippen molar-refractivity contribution >= 4 is 40.8 Å². The predicted octanol–water partition coefficient (Wildman–Crippen LogP) is 5.36. The molecule has 3 rings (SSSR count). The van der Waals surface area contributed by atoms with E-state index in [1.165, 1.54) is 30.6 Å². The third-order valence-corrected chi connectivity index (χ3v) is 5.98. The molecule has 1 aliphatic rings. The van der Waals surface area contributed by atoms with Crippen molar-refractivity contribution in [3.63, 3.8) is 0 Å². The van der Waals surface area contributed by atoms with Gasteiger partial charge in [0, 0.05) is 24.8 Å². The SMILES string of the molecule is C[C@H]1C[C@H](C)CN(c2cc(SCC(=O)Nc3ccc(Cl)c(C(F)(F)F)c3)ncn2)C1. The number of thioether (sulfide) groups is 1. The Bertz CT molecular complexity index is 902. The predicted molar refractivity (Wildman–Crippen MR) is 113 cm³/mol. The minimum absolute atomic E-state index is 0.00718. The zero-order valence-electron chi connectivity index (χ0n) is 16.5. The zero-order chi connectivity index (χ0) is 21.9. The van der Waals surface area contributed by atoms with Crippen molar-refractivity contribution in [2.75, 3.05) is 29.1 Å². The van der Waals surface area contributed by atoms with Gasteiger partial charge < -0.3 is 10.2 Å². The van der Waals surface area contributed by atoms with Gasteiger partial charge >= 0.3 is 6.18 Å². The molecule has 1 amide bonds. The Morgan fingerprint density at radius 2 is 1.93 bits per heavy atom. The highest BCUT2D eigenvalue weighted by molar-refractivity contribution is 7.99. The Morgan fingerprint density at radius 1 is 1.23 bits per heavy atom. The maximum absolute atomic E-state index is 13.0. The molecule has 2 aromatic rings. The zero-order valence-corrected chi connectivity index (χ0v) is 18.1. The van der Waals surface area contributed by atoms with Gasteiger partial charge in [-0.3, -0.25) is 4.79 Å². The van der Waals surface area contributed by atoms with E-state index < -0.39 is 22.7 Å². The van der Waals surface area contributed by atoms with Crippen molar-refractivity contribution < 1.29 is 18.0 Å². The Balaban J connectivity index is 1.60. The number of nitrogens with zero attached hydrogens (tertiary/aromatic N) is 3. The second-order valence-corrected chi connectivity index (χ2v) is 9.00. The highest BCUT2D eigenvalue weighted by Gasteiger charge is 2.33. The fraction of sp³-hybridized carbons (Fsp3) is 0.450. The Hall–Kier alpha value is -2.00. The smallest absolute Gasteiger partial charge is 0.356 e. The molecule has 162 valence electrons. The van der Waals surface area contributed by atoms with Crippen LogP contribution in [0.1, 0.15) is 25.8 Å². The standard InChI is InChI=1S/C20H22ClF3N4OS/c1-12-5-13(2)9-28(8-12)17-7-19(26-11-25-17)30-10-18(29)27-14-3-4-16(21)15(6-14)20(22,23)24/h3-4,6-7,11-13H,5,8-10H2,1-2H3,(H,27,29)/t12-,13-/m0/s1. The lowest BCUT2D eigenvalue weighted by atomic mass is 9.92. The first-order chi connectivity index (χ1) is 14.1. The molecule has 0 radical (unpaired) electrons. The summed E-state index contributed by atoms with van der Waals surface area (Å²) >= 11 is 6.80. The summed E-state index contributed by atoms with van der Waals surface area (Å²) in [5, 5.41) is 2.69. The van der Waals surface area contributed by atoms with E-state index in [2.05, 4.69) is 34.0 Å². The fourth-order valence-corrected chi connectivity index (χ4v) is 4.47. The van der Waals surface area contributed by atoms with Crippen LogP contribution in [0.3, 0.4) is 0 Å². The van der Waals surface area contributed by atoms with Gasteiger partial charge in [0.1, 0.15) is 17.2 Å². The molecule has 1 saturated heterocycles. The van der Waals surface area contributed by atoms with E-state index >= 15 is 0 Å². The first kappa shape index (κ1) is 22.7. The van der Waals surface area contributed by atoms with Gasteiger partial charge in [0.25, 0.3) is 0 Å². The normalized spacial score (nSPS) is 19.6. The highest BCUT2D eigenvalue weighted by atomic mass is 35.5. The van der Waals surface area contributed by atoms with Crippen LogP contribution >= 0.6 is 23.4 Å². The molecule has 10 heteroatoms. The third kappa shape index (κ3) is 6.01. The lowest BCUT2D eigenvalue weighted by Gasteiger charge is -2.35. The first-order valence-electron chi connectivity index (χ1n) is 9.48. The van der Waals surface area contributed by atoms with E-state index in [9.17, 15) is 18.0 Å². The van der Waals surface area contributed by atoms with Gasteiger partial charge in [0.2, 0.25) is 5.91 Å². The van der Waals surface area contributed by atoms with Gasteiger partial charge in [0.05, 0.1) is 16.3 Å². The molecule has 1 N–H and O–H groups in total. The summed E-state index contributed by atoms with van der Waals surface area (Å²) in [6.07, 6.45) is -1.94. The summed E-state index contributed by atoms with van der Waals surface area (Å²) in [6, 6.07) is 5.12. The average molecular weight is 459 g/mol. The minimum atomic E-state index is -4.59. The van der Waals surface area contributed by atoms with Crippen molar-refractivity contribution in [3.05, 3.63) is 41.2 Å². The maximum Gasteiger partial charge on any atom is 0.417 e. The van der Waals surface area contributed by atoms with E-state index in [-0.39, 0.29) is 11.4 Å². The number of rotatable bonds is 5. The van der Waals surface area contributed by atoms with E-state index in [1.807, 2.05) is 6.07 Å². The number of alkyl halides is 3. The highest BCUT2D eigenvalue weighted by Crippen LogP contribution is 2.36. The summed E-state index contributed by atoms with van der Waals surface area (Å²) in [4.78, 5) is 23.0. The van der Waals surface area contributed by atoms with Crippen LogP contribution in [-0.4, -0.2) is 34.7 Å². The van der Waals surface area contributed by atoms with Crippen molar-refractivity contribution in [1.29, 1.82) is 0 Å². The van der Waals surface area contributed by atoms with Crippen LogP contribution in [0.15, 0.2) is 35.6 Å². The Kier molecular flexibility index (Phi) is 7.13. The van der Waals surface area contributed by atoms with Crippen LogP contribution < -0.4 is 10.2 Å². The van der Waals surface area contributed by atoms with Crippen LogP contribution in [0.25, 0.3) is 0 Å². The minimum Gasteiger partial charge on any atom is -0.356 e. The van der Waals surface area contributed by atoms with Crippen molar-refractivity contribution in [1.82, 2.24) is 9.97 Å². The van der Waals surface area contributed by atoms with Gasteiger partial charge in [-0.1, -0.05) is 37.2 Å². The van der Waals surface area contributed by atoms with Crippen LogP contribution in [0.4, 0.5) is 24.7 Å². The number of anilines is 2. The molecular formula is C20H22ClF3N4OS. The number of halogens is 4. The summed E-state index contributed by atoms with van der Waals surface area (Å²) in [6.45, 7) is 6.27. The molecule has 2 atom stereocenters. The lowest BCUT2D eigenvalue weighted by molar-refractivity contribution is -0.137. The summed E-state index contributed by atoms with van der Waals surface area (Å²) in [5.41, 5.74) is -0.947. The molecule has 5 nitrogen and oxygen atoms in total. The van der Waals surface area contributed by atoms with E-state index in [0.29, 0.717) is 16.9 Å². The monoisotopic (exact) mass is 458 g/mol. The van der Waals surface area contributed by atoms with Crippen LogP contribution in [0.2, 0.25) is 5.02 Å². The molecule has 0 unspecified atom stereocenters. The lowest BCUT2D eigenvalue weighted by Crippen LogP contribution is -2.39. The molecule has 30 heavy (non-hydrogen) atoms. The number of carbonyl (C=O) groups is 1. The number of nitrogens with one attached hydrogen (secondary N) is 1. The second-order valence-electron chi connectivity index (χ2n) is 7.59. The average Bonchev–Trinajstić information content (AvgIpc) is 2.66. The topological polar surface area (TPSA) is 58.1 Å². The molecule has 1 fully saturated rings. The number of amides is 1. The summed E-state index contributed by atoms with van der Waals surface area (Å²) in [5.74, 6) is 1.54. The summed E-state index contributed by atoms with van der Waals surface area (Å²) < 4.78 is 38.9. The number of benzene rings is 1. The molecule has 2 heterocycles. The number of piperidine rings is 1. The quantitative estimate of drug-likeness (QED) is 0.482. The molecule has 1 aliphatic heterocycles. The maximum atomic E-state index is 13.0. The largest absolute Gasteiger partial charge is 0.417 e. The van der Waals surface area contributed by atoms with Crippen molar-refractivity contribution in [3.8, 4) is 0 Å². The summed E-state index contributed by atoms with van der Waals surface area (Å²) in [7, 11) is 0. The number of hydrogen-bond donors (Lipinski definition) is 1. The van der Waals surface area contributed by atoms with Gasteiger partial charge in [-0.15, -0.1) is 0 Å². The Labute approximate surface area is 182 Å². The van der Waals surface area contributed by atoms with E-state index in [1.54, 1.807) is 0 Å². The Morgan fingerprint density at radius 3 is 2.60 bits per heavy atom. The molecule has 0 saturated carbocycles. The number of aromatic nitrogens is 2. The number of hydrogen-bond acceptors (Lipinski definition) is 5. The van der Waals surface area contributed by atoms with Crippen LogP contribution in [0, 0.1) is 11.8 Å². The molecule has 0 bridgehead atoms. The molecule has 0 spiro atoms. The molecule has 1 aromatic carbocycles. The fourth-order valence-electron chi connectivity index (χ4n) is 3.59. The van der Waals surface area contributed by atoms with E-state index in [0.717, 1.165) is 31.0 Å². The molecule has 0 aliphatic carbocycles. The van der Waals surface area contributed by atoms with Crippen LogP contribution in [-0.2, 0) is 11.0 Å². The third-order valence-electron chi connectivity index (χ3n) is 4.73. The molecular weight excluding hydrogens is 437 g/mol. The van der Waals surface area contributed by atoms with Gasteiger partial charge in [0.15, 0.2) is 0 Å². The van der Waals surface area contributed by atoms with Crippen LogP contribution in [0.5, 0.6) is 0 Å². The van der Waals surface area contributed by atoms with Gasteiger partial charge in [-0.25, -0.2) is 9.97 Å². The van der Waals surface area contributed by atoms with Gasteiger partial charge in [-0.2, -0.15) is 13.2 Å². The van der Waals surface area contributed by atoms with Gasteiger partial charge in [-0.05, 0) is 36.5 Å². The first-order valence-corrected chi connectivity index (χ1v) is 10.8. The van der Waals surface area contributed by atoms with Crippen molar-refractivity contribution in [2.24, 2.45) is 11.8 Å². The number of carbonyl (C=O) groups excluding carboxylic acids is 1. The van der Waals surface area contributed by atoms with Crippen molar-refractivity contribution in [2.45, 2.75) is 31.5 Å².